The molecule has 0 unspecified atom stereocenters. The average Bonchev–Trinajstić information content (AvgIpc) is 3.20. The third-order valence-corrected chi connectivity index (χ3v) is 7.25. The van der Waals surface area contributed by atoms with Gasteiger partial charge in [0.2, 0.25) is 11.8 Å². The summed E-state index contributed by atoms with van der Waals surface area (Å²) < 4.78 is 5.07. The summed E-state index contributed by atoms with van der Waals surface area (Å²) in [5, 5.41) is 3.11. The maximum absolute atomic E-state index is 13.1. The molecule has 4 rings (SSSR count). The standard InChI is InChI=1S/C23H25ClN4O4S/c1-14-20(22(31)32-3)21(17-6-4-5-7-18(17)24)28-16(13-33-23(28)25-14)12-19(30)27-10-8-26(9-11-27)15(2)29/h4-7,13,21H,8-12H2,1-3H3/t21-/m0/s1. The largest absolute Gasteiger partial charge is 0.466 e. The SMILES string of the molecule is COC(=O)C1=C(C)N=C2SC=C(CC(=O)N3CCN(C(C)=O)CC3)N2[C@H]1c1ccccc1Cl. The summed E-state index contributed by atoms with van der Waals surface area (Å²) in [6.07, 6.45) is 0.153. The van der Waals surface area contributed by atoms with E-state index >= 15 is 0 Å². The fraction of sp³-hybridized carbons (Fsp3) is 0.391. The molecule has 2 amide bonds. The number of halogens is 1. The minimum atomic E-state index is -0.553. The lowest BCUT2D eigenvalue weighted by molar-refractivity contribution is -0.138. The molecule has 10 heteroatoms. The molecular formula is C23H25ClN4O4S. The van der Waals surface area contributed by atoms with Crippen molar-refractivity contribution in [3.8, 4) is 0 Å². The van der Waals surface area contributed by atoms with E-state index in [2.05, 4.69) is 4.99 Å². The Morgan fingerprint density at radius 1 is 1.15 bits per heavy atom. The Morgan fingerprint density at radius 3 is 2.45 bits per heavy atom. The highest BCUT2D eigenvalue weighted by molar-refractivity contribution is 8.16. The van der Waals surface area contributed by atoms with Gasteiger partial charge < -0.3 is 19.4 Å². The zero-order valence-corrected chi connectivity index (χ0v) is 20.3. The van der Waals surface area contributed by atoms with Crippen LogP contribution in [0.15, 0.2) is 51.6 Å². The number of fused-ring (bicyclic) bond motifs is 1. The molecule has 8 nitrogen and oxygen atoms in total. The van der Waals surface area contributed by atoms with Crippen molar-refractivity contribution in [3.05, 3.63) is 57.2 Å². The molecule has 1 fully saturated rings. The molecule has 33 heavy (non-hydrogen) atoms. The van der Waals surface area contributed by atoms with Gasteiger partial charge in [0, 0.05) is 43.8 Å². The zero-order valence-electron chi connectivity index (χ0n) is 18.7. The summed E-state index contributed by atoms with van der Waals surface area (Å²) in [6.45, 7) is 5.38. The minimum absolute atomic E-state index is 0.0197. The van der Waals surface area contributed by atoms with Gasteiger partial charge in [-0.05, 0) is 24.0 Å². The number of aliphatic imine (C=N–C) groups is 1. The predicted molar refractivity (Wildman–Crippen MR) is 127 cm³/mol. The van der Waals surface area contributed by atoms with Crippen molar-refractivity contribution in [3.63, 3.8) is 0 Å². The first-order valence-corrected chi connectivity index (χ1v) is 11.9. The first-order valence-electron chi connectivity index (χ1n) is 10.6. The second-order valence-corrected chi connectivity index (χ2v) is 9.21. The Bertz CT molecular complexity index is 1090. The number of hydrogen-bond acceptors (Lipinski definition) is 7. The molecule has 1 saturated heterocycles. The van der Waals surface area contributed by atoms with Crippen LogP contribution in [0.5, 0.6) is 0 Å². The number of benzene rings is 1. The van der Waals surface area contributed by atoms with Crippen LogP contribution in [-0.4, -0.2) is 70.9 Å². The lowest BCUT2D eigenvalue weighted by atomic mass is 9.93. The monoisotopic (exact) mass is 488 g/mol. The molecule has 0 aromatic heterocycles. The molecule has 3 aliphatic heterocycles. The maximum atomic E-state index is 13.1. The van der Waals surface area contributed by atoms with Crippen molar-refractivity contribution in [2.24, 2.45) is 4.99 Å². The van der Waals surface area contributed by atoms with E-state index in [9.17, 15) is 14.4 Å². The molecular weight excluding hydrogens is 464 g/mol. The van der Waals surface area contributed by atoms with Crippen LogP contribution in [0, 0.1) is 0 Å². The van der Waals surface area contributed by atoms with Gasteiger partial charge in [0.1, 0.15) is 0 Å². The lowest BCUT2D eigenvalue weighted by Gasteiger charge is -2.38. The van der Waals surface area contributed by atoms with E-state index in [1.54, 1.807) is 29.7 Å². The van der Waals surface area contributed by atoms with Crippen LogP contribution in [0.4, 0.5) is 0 Å². The number of amidine groups is 1. The second kappa shape index (κ2) is 9.61. The number of allylic oxidation sites excluding steroid dienone is 1. The third-order valence-electron chi connectivity index (χ3n) is 6.02. The van der Waals surface area contributed by atoms with Crippen molar-refractivity contribution in [2.45, 2.75) is 26.3 Å². The highest BCUT2D eigenvalue weighted by Crippen LogP contribution is 2.46. The molecule has 0 aliphatic carbocycles. The molecule has 0 spiro atoms. The molecule has 3 heterocycles. The predicted octanol–water partition coefficient (Wildman–Crippen LogP) is 3.17. The number of amides is 2. The van der Waals surface area contributed by atoms with Crippen molar-refractivity contribution in [2.75, 3.05) is 33.3 Å². The van der Waals surface area contributed by atoms with Gasteiger partial charge >= 0.3 is 5.97 Å². The van der Waals surface area contributed by atoms with E-state index in [0.717, 1.165) is 11.3 Å². The quantitative estimate of drug-likeness (QED) is 0.605. The van der Waals surface area contributed by atoms with Gasteiger partial charge in [-0.15, -0.1) is 0 Å². The summed E-state index contributed by atoms with van der Waals surface area (Å²) in [7, 11) is 1.34. The van der Waals surface area contributed by atoms with Crippen molar-refractivity contribution >= 4 is 46.3 Å². The number of ether oxygens (including phenoxy) is 1. The molecule has 1 atom stereocenters. The molecule has 0 saturated carbocycles. The summed E-state index contributed by atoms with van der Waals surface area (Å²) in [6, 6.07) is 6.79. The van der Waals surface area contributed by atoms with E-state index < -0.39 is 12.0 Å². The van der Waals surface area contributed by atoms with E-state index in [1.807, 2.05) is 28.5 Å². The number of esters is 1. The zero-order chi connectivity index (χ0) is 23.7. The highest BCUT2D eigenvalue weighted by atomic mass is 35.5. The maximum Gasteiger partial charge on any atom is 0.338 e. The number of piperazine rings is 1. The second-order valence-electron chi connectivity index (χ2n) is 7.97. The number of rotatable bonds is 4. The van der Waals surface area contributed by atoms with Gasteiger partial charge in [0.15, 0.2) is 5.17 Å². The third kappa shape index (κ3) is 4.52. The Morgan fingerprint density at radius 2 is 1.82 bits per heavy atom. The Labute approximate surface area is 201 Å². The van der Waals surface area contributed by atoms with Crippen LogP contribution < -0.4 is 0 Å². The van der Waals surface area contributed by atoms with Crippen LogP contribution in [0.2, 0.25) is 5.02 Å². The Balaban J connectivity index is 1.62. The topological polar surface area (TPSA) is 82.5 Å². The number of carbonyl (C=O) groups is 3. The van der Waals surface area contributed by atoms with Crippen molar-refractivity contribution < 1.29 is 19.1 Å². The van der Waals surface area contributed by atoms with Crippen molar-refractivity contribution in [1.82, 2.24) is 14.7 Å². The average molecular weight is 489 g/mol. The number of nitrogens with zero attached hydrogens (tertiary/aromatic N) is 4. The fourth-order valence-corrected chi connectivity index (χ4v) is 5.47. The summed E-state index contributed by atoms with van der Waals surface area (Å²) >= 11 is 7.97. The van der Waals surface area contributed by atoms with Gasteiger partial charge in [-0.1, -0.05) is 41.6 Å². The number of carbonyl (C=O) groups excluding carboxylic acids is 3. The minimum Gasteiger partial charge on any atom is -0.466 e. The molecule has 0 radical (unpaired) electrons. The summed E-state index contributed by atoms with van der Waals surface area (Å²) in [5.74, 6) is -0.496. The smallest absolute Gasteiger partial charge is 0.338 e. The molecule has 0 N–H and O–H groups in total. The summed E-state index contributed by atoms with van der Waals surface area (Å²) in [4.78, 5) is 47.5. The van der Waals surface area contributed by atoms with Crippen LogP contribution in [0.3, 0.4) is 0 Å². The van der Waals surface area contributed by atoms with E-state index in [-0.39, 0.29) is 18.2 Å². The van der Waals surface area contributed by atoms with Crippen LogP contribution in [-0.2, 0) is 19.1 Å². The molecule has 0 bridgehead atoms. The highest BCUT2D eigenvalue weighted by Gasteiger charge is 2.42. The van der Waals surface area contributed by atoms with Gasteiger partial charge in [0.05, 0.1) is 30.8 Å². The summed E-state index contributed by atoms with van der Waals surface area (Å²) in [5.41, 5.74) is 2.44. The fourth-order valence-electron chi connectivity index (χ4n) is 4.27. The number of hydrogen-bond donors (Lipinski definition) is 0. The van der Waals surface area contributed by atoms with Gasteiger partial charge in [-0.25, -0.2) is 9.79 Å². The normalized spacial score (nSPS) is 20.4. The number of methoxy groups -OCH3 is 1. The molecule has 1 aromatic rings. The van der Waals surface area contributed by atoms with Gasteiger partial charge in [-0.2, -0.15) is 0 Å². The van der Waals surface area contributed by atoms with Gasteiger partial charge in [0.25, 0.3) is 0 Å². The molecule has 3 aliphatic rings. The first-order chi connectivity index (χ1) is 15.8. The first kappa shape index (κ1) is 23.4. The Hall–Kier alpha value is -2.78. The van der Waals surface area contributed by atoms with Crippen LogP contribution in [0.1, 0.15) is 31.9 Å². The lowest BCUT2D eigenvalue weighted by Crippen LogP contribution is -2.50. The van der Waals surface area contributed by atoms with E-state index in [0.29, 0.717) is 47.6 Å². The van der Waals surface area contributed by atoms with Gasteiger partial charge in [-0.3, -0.25) is 9.59 Å². The molecule has 174 valence electrons. The van der Waals surface area contributed by atoms with Crippen molar-refractivity contribution in [1.29, 1.82) is 0 Å². The van der Waals surface area contributed by atoms with E-state index in [4.69, 9.17) is 16.3 Å². The number of thioether (sulfide) groups is 1. The van der Waals surface area contributed by atoms with Crippen LogP contribution in [0.25, 0.3) is 0 Å². The van der Waals surface area contributed by atoms with Crippen LogP contribution >= 0.6 is 23.4 Å². The Kier molecular flexibility index (Phi) is 6.81. The van der Waals surface area contributed by atoms with E-state index in [1.165, 1.54) is 18.9 Å². The molecule has 1 aromatic carbocycles.